The molecule has 21 heavy (non-hydrogen) atoms. The van der Waals surface area contributed by atoms with Crippen molar-refractivity contribution in [2.45, 2.75) is 30.6 Å². The van der Waals surface area contributed by atoms with E-state index in [2.05, 4.69) is 20.6 Å². The van der Waals surface area contributed by atoms with Gasteiger partial charge in [0.25, 0.3) is 0 Å². The Labute approximate surface area is 136 Å². The predicted octanol–water partition coefficient (Wildman–Crippen LogP) is 3.45. The van der Waals surface area contributed by atoms with Crippen molar-refractivity contribution in [3.63, 3.8) is 0 Å². The first-order valence-corrected chi connectivity index (χ1v) is 9.38. The number of thioether (sulfide) groups is 1. The summed E-state index contributed by atoms with van der Waals surface area (Å²) in [6, 6.07) is -0.216. The van der Waals surface area contributed by atoms with E-state index in [4.69, 9.17) is 0 Å². The predicted molar refractivity (Wildman–Crippen MR) is 89.3 cm³/mol. The van der Waals surface area contributed by atoms with Crippen LogP contribution in [-0.2, 0) is 0 Å². The fourth-order valence-corrected chi connectivity index (χ4v) is 3.97. The maximum atomic E-state index is 11.8. The third-order valence-corrected chi connectivity index (χ3v) is 5.51. The second kappa shape index (κ2) is 8.35. The zero-order valence-electron chi connectivity index (χ0n) is 12.0. The van der Waals surface area contributed by atoms with E-state index in [1.165, 1.54) is 0 Å². The Kier molecular flexibility index (Phi) is 6.47. The number of thiazole rings is 2. The minimum Gasteiger partial charge on any atom is -0.338 e. The van der Waals surface area contributed by atoms with Crippen LogP contribution in [0.5, 0.6) is 0 Å². The number of amides is 2. The van der Waals surface area contributed by atoms with E-state index in [1.807, 2.05) is 24.6 Å². The number of aryl methyl sites for hydroxylation is 1. The average molecular weight is 343 g/mol. The summed E-state index contributed by atoms with van der Waals surface area (Å²) in [4.78, 5) is 20.3. The molecule has 0 spiro atoms. The molecule has 0 saturated heterocycles. The fourth-order valence-electron chi connectivity index (χ4n) is 1.62. The number of rotatable bonds is 7. The highest BCUT2D eigenvalue weighted by Gasteiger charge is 2.11. The van der Waals surface area contributed by atoms with Crippen LogP contribution >= 0.6 is 34.4 Å². The first-order valence-electron chi connectivity index (χ1n) is 6.64. The van der Waals surface area contributed by atoms with Gasteiger partial charge in [-0.05, 0) is 20.3 Å². The third kappa shape index (κ3) is 5.64. The van der Waals surface area contributed by atoms with Crippen LogP contribution in [-0.4, -0.2) is 28.3 Å². The van der Waals surface area contributed by atoms with Gasteiger partial charge in [0.2, 0.25) is 0 Å². The number of urea groups is 1. The molecule has 0 fully saturated rings. The van der Waals surface area contributed by atoms with Gasteiger partial charge in [-0.15, -0.1) is 22.7 Å². The van der Waals surface area contributed by atoms with E-state index in [0.717, 1.165) is 27.2 Å². The average Bonchev–Trinajstić information content (AvgIpc) is 3.09. The van der Waals surface area contributed by atoms with Crippen LogP contribution < -0.4 is 10.6 Å². The number of carbonyl (C=O) groups is 1. The summed E-state index contributed by atoms with van der Waals surface area (Å²) in [5.41, 5.74) is 0.909. The SMILES string of the molecule is Cc1nc([C@@H](C)NC(=O)NCCCSc2nccs2)cs1. The maximum absolute atomic E-state index is 11.8. The van der Waals surface area contributed by atoms with Crippen molar-refractivity contribution in [2.24, 2.45) is 0 Å². The van der Waals surface area contributed by atoms with Crippen LogP contribution in [0.3, 0.4) is 0 Å². The molecule has 5 nitrogen and oxygen atoms in total. The van der Waals surface area contributed by atoms with E-state index >= 15 is 0 Å². The third-order valence-electron chi connectivity index (χ3n) is 2.67. The Hall–Kier alpha value is -1.12. The highest BCUT2D eigenvalue weighted by molar-refractivity contribution is 8.00. The first kappa shape index (κ1) is 16.3. The molecule has 8 heteroatoms. The monoisotopic (exact) mass is 342 g/mol. The topological polar surface area (TPSA) is 66.9 Å². The summed E-state index contributed by atoms with van der Waals surface area (Å²) in [6.07, 6.45) is 2.72. The molecule has 2 aromatic heterocycles. The van der Waals surface area contributed by atoms with Crippen molar-refractivity contribution >= 4 is 40.5 Å². The van der Waals surface area contributed by atoms with Gasteiger partial charge in [0, 0.05) is 29.3 Å². The lowest BCUT2D eigenvalue weighted by molar-refractivity contribution is 0.238. The van der Waals surface area contributed by atoms with Crippen molar-refractivity contribution < 1.29 is 4.79 Å². The number of hydrogen-bond acceptors (Lipinski definition) is 6. The van der Waals surface area contributed by atoms with Crippen LogP contribution in [0.1, 0.15) is 30.1 Å². The smallest absolute Gasteiger partial charge is 0.315 e. The Morgan fingerprint density at radius 2 is 2.33 bits per heavy atom. The van der Waals surface area contributed by atoms with Crippen molar-refractivity contribution in [3.05, 3.63) is 27.7 Å². The molecule has 0 radical (unpaired) electrons. The van der Waals surface area contributed by atoms with Gasteiger partial charge in [-0.2, -0.15) is 0 Å². The Bertz CT molecular complexity index is 556. The van der Waals surface area contributed by atoms with Gasteiger partial charge in [0.05, 0.1) is 16.7 Å². The zero-order valence-corrected chi connectivity index (χ0v) is 14.4. The lowest BCUT2D eigenvalue weighted by Gasteiger charge is -2.12. The van der Waals surface area contributed by atoms with Crippen molar-refractivity contribution in [1.82, 2.24) is 20.6 Å². The molecule has 0 bridgehead atoms. The molecule has 114 valence electrons. The molecule has 0 aliphatic carbocycles. The normalized spacial score (nSPS) is 12.1. The second-order valence-electron chi connectivity index (χ2n) is 4.41. The van der Waals surface area contributed by atoms with Crippen LogP contribution in [0, 0.1) is 6.92 Å². The molecule has 0 aliphatic heterocycles. The van der Waals surface area contributed by atoms with Crippen LogP contribution in [0.15, 0.2) is 21.3 Å². The van der Waals surface area contributed by atoms with E-state index in [0.29, 0.717) is 6.54 Å². The highest BCUT2D eigenvalue weighted by atomic mass is 32.2. The molecule has 0 aliphatic rings. The summed E-state index contributed by atoms with van der Waals surface area (Å²) in [7, 11) is 0. The maximum Gasteiger partial charge on any atom is 0.315 e. The van der Waals surface area contributed by atoms with Gasteiger partial charge in [-0.3, -0.25) is 0 Å². The van der Waals surface area contributed by atoms with Gasteiger partial charge in [-0.25, -0.2) is 14.8 Å². The molecule has 1 atom stereocenters. The number of nitrogens with one attached hydrogen (secondary N) is 2. The molecule has 2 aromatic rings. The lowest BCUT2D eigenvalue weighted by atomic mass is 10.3. The number of nitrogens with zero attached hydrogens (tertiary/aromatic N) is 2. The van der Waals surface area contributed by atoms with E-state index in [9.17, 15) is 4.79 Å². The largest absolute Gasteiger partial charge is 0.338 e. The molecule has 2 rings (SSSR count). The van der Waals surface area contributed by atoms with Crippen LogP contribution in [0.4, 0.5) is 4.79 Å². The summed E-state index contributed by atoms with van der Waals surface area (Å²) >= 11 is 4.95. The molecule has 2 heterocycles. The molecule has 0 saturated carbocycles. The zero-order chi connectivity index (χ0) is 15.1. The molecule has 0 aromatic carbocycles. The highest BCUT2D eigenvalue weighted by Crippen LogP contribution is 2.20. The minimum atomic E-state index is -0.146. The van der Waals surface area contributed by atoms with Crippen molar-refractivity contribution in [1.29, 1.82) is 0 Å². The molecular weight excluding hydrogens is 324 g/mol. The fraction of sp³-hybridized carbons (Fsp3) is 0.462. The summed E-state index contributed by atoms with van der Waals surface area (Å²) in [5, 5.41) is 10.7. The van der Waals surface area contributed by atoms with Gasteiger partial charge < -0.3 is 10.6 Å². The van der Waals surface area contributed by atoms with Crippen LogP contribution in [0.25, 0.3) is 0 Å². The minimum absolute atomic E-state index is 0.0698. The van der Waals surface area contributed by atoms with E-state index in [1.54, 1.807) is 40.6 Å². The molecule has 2 amide bonds. The van der Waals surface area contributed by atoms with Crippen LogP contribution in [0.2, 0.25) is 0 Å². The summed E-state index contributed by atoms with van der Waals surface area (Å²) in [5.74, 6) is 0.953. The van der Waals surface area contributed by atoms with Gasteiger partial charge >= 0.3 is 6.03 Å². The van der Waals surface area contributed by atoms with E-state index in [-0.39, 0.29) is 12.1 Å². The quantitative estimate of drug-likeness (QED) is 0.597. The molecule has 0 unspecified atom stereocenters. The Balaban J connectivity index is 1.59. The van der Waals surface area contributed by atoms with Gasteiger partial charge in [-0.1, -0.05) is 11.8 Å². The van der Waals surface area contributed by atoms with Crippen molar-refractivity contribution in [3.8, 4) is 0 Å². The standard InChI is InChI=1S/C13H18N4OS3/c1-9(11-8-21-10(2)17-11)16-12(18)14-4-3-6-19-13-15-5-7-20-13/h5,7-9H,3-4,6H2,1-2H3,(H2,14,16,18)/t9-/m1/s1. The number of aromatic nitrogens is 2. The number of carbonyl (C=O) groups excluding carboxylic acids is 1. The Morgan fingerprint density at radius 3 is 3.00 bits per heavy atom. The second-order valence-corrected chi connectivity index (χ2v) is 7.71. The summed E-state index contributed by atoms with van der Waals surface area (Å²) in [6.45, 7) is 4.56. The molecule has 2 N–H and O–H groups in total. The number of hydrogen-bond donors (Lipinski definition) is 2. The first-order chi connectivity index (χ1) is 10.1. The lowest BCUT2D eigenvalue weighted by Crippen LogP contribution is -2.37. The Morgan fingerprint density at radius 1 is 1.48 bits per heavy atom. The van der Waals surface area contributed by atoms with Gasteiger partial charge in [0.15, 0.2) is 0 Å². The van der Waals surface area contributed by atoms with Gasteiger partial charge in [0.1, 0.15) is 4.34 Å². The van der Waals surface area contributed by atoms with E-state index < -0.39 is 0 Å². The molecular formula is C13H18N4OS3. The summed E-state index contributed by atoms with van der Waals surface area (Å²) < 4.78 is 1.08. The van der Waals surface area contributed by atoms with Crippen molar-refractivity contribution in [2.75, 3.05) is 12.3 Å².